The van der Waals surface area contributed by atoms with Gasteiger partial charge in [0, 0.05) is 17.6 Å². The number of methoxy groups -OCH3 is 1. The molecule has 1 saturated carbocycles. The Labute approximate surface area is 135 Å². The van der Waals surface area contributed by atoms with Crippen molar-refractivity contribution in [3.05, 3.63) is 29.8 Å². The van der Waals surface area contributed by atoms with Crippen molar-refractivity contribution in [2.75, 3.05) is 19.0 Å². The van der Waals surface area contributed by atoms with Crippen LogP contribution in [0.25, 0.3) is 0 Å². The van der Waals surface area contributed by atoms with Crippen molar-refractivity contribution in [1.29, 1.82) is 0 Å². The van der Waals surface area contributed by atoms with Gasteiger partial charge in [-0.1, -0.05) is 45.9 Å². The van der Waals surface area contributed by atoms with Crippen molar-refractivity contribution >= 4 is 11.7 Å². The first-order valence-electron chi connectivity index (χ1n) is 8.66. The Kier molecular flexibility index (Phi) is 7.43. The molecule has 0 bridgehead atoms. The van der Waals surface area contributed by atoms with Crippen molar-refractivity contribution in [1.82, 2.24) is 0 Å². The Hall–Kier alpha value is -1.51. The number of ether oxygens (including phenoxy) is 1. The maximum Gasteiger partial charge on any atom is 0.308 e. The number of hydrogen-bond donors (Lipinski definition) is 1. The molecule has 1 aromatic rings. The smallest absolute Gasteiger partial charge is 0.308 e. The lowest BCUT2D eigenvalue weighted by molar-refractivity contribution is -0.146. The summed E-state index contributed by atoms with van der Waals surface area (Å²) in [5.74, 6) is 0.0671. The zero-order valence-corrected chi connectivity index (χ0v) is 14.7. The molecular weight excluding hydrogens is 274 g/mol. The second-order valence-electron chi connectivity index (χ2n) is 5.48. The lowest BCUT2D eigenvalue weighted by Crippen LogP contribution is -2.35. The second kappa shape index (κ2) is 8.82. The third kappa shape index (κ3) is 3.63. The van der Waals surface area contributed by atoms with E-state index < -0.39 is 0 Å². The Morgan fingerprint density at radius 1 is 1.14 bits per heavy atom. The van der Waals surface area contributed by atoms with Gasteiger partial charge in [-0.05, 0) is 37.3 Å². The van der Waals surface area contributed by atoms with E-state index in [0.717, 1.165) is 32.2 Å². The first-order valence-corrected chi connectivity index (χ1v) is 8.66. The Balaban J connectivity index is 0.000000561. The second-order valence-corrected chi connectivity index (χ2v) is 5.48. The summed E-state index contributed by atoms with van der Waals surface area (Å²) in [5, 5.41) is 3.50. The van der Waals surface area contributed by atoms with Crippen LogP contribution in [0.5, 0.6) is 0 Å². The molecule has 1 aromatic carbocycles. The molecular formula is C19H31NO2. The van der Waals surface area contributed by atoms with Gasteiger partial charge in [-0.3, -0.25) is 4.79 Å². The number of carbonyl (C=O) groups is 1. The predicted molar refractivity (Wildman–Crippen MR) is 93.3 cm³/mol. The first-order chi connectivity index (χ1) is 10.7. The Morgan fingerprint density at radius 3 is 2.32 bits per heavy atom. The maximum atomic E-state index is 11.6. The van der Waals surface area contributed by atoms with Crippen LogP contribution in [0.3, 0.4) is 0 Å². The average Bonchev–Trinajstić information content (AvgIpc) is 2.97. The molecule has 1 aliphatic heterocycles. The number of hydrogen-bond acceptors (Lipinski definition) is 3. The molecule has 1 fully saturated rings. The minimum atomic E-state index is -0.0379. The molecule has 22 heavy (non-hydrogen) atoms. The molecule has 1 aliphatic carbocycles. The molecule has 0 radical (unpaired) electrons. The van der Waals surface area contributed by atoms with Crippen LogP contribution in [0, 0.1) is 5.92 Å². The summed E-state index contributed by atoms with van der Waals surface area (Å²) in [6, 6.07) is 8.56. The van der Waals surface area contributed by atoms with Gasteiger partial charge in [0.05, 0.1) is 13.0 Å². The van der Waals surface area contributed by atoms with Crippen LogP contribution in [0.1, 0.15) is 58.9 Å². The summed E-state index contributed by atoms with van der Waals surface area (Å²) in [4.78, 5) is 11.6. The summed E-state index contributed by atoms with van der Waals surface area (Å²) >= 11 is 0. The van der Waals surface area contributed by atoms with Crippen LogP contribution in [0.2, 0.25) is 0 Å². The van der Waals surface area contributed by atoms with Crippen molar-refractivity contribution in [3.8, 4) is 0 Å². The molecule has 1 heterocycles. The zero-order valence-electron chi connectivity index (χ0n) is 14.7. The van der Waals surface area contributed by atoms with Crippen molar-refractivity contribution in [3.63, 3.8) is 0 Å². The Morgan fingerprint density at radius 2 is 1.73 bits per heavy atom. The van der Waals surface area contributed by atoms with E-state index in [0.29, 0.717) is 0 Å². The third-order valence-corrected chi connectivity index (χ3v) is 4.59. The lowest BCUT2D eigenvalue weighted by atomic mass is 9.68. The van der Waals surface area contributed by atoms with E-state index in [4.69, 9.17) is 4.74 Å². The molecule has 3 nitrogen and oxygen atoms in total. The fourth-order valence-corrected chi connectivity index (χ4v) is 3.48. The standard InChI is InChI=1S/C15H19NO2.2C2H6/c1-18-14(17)11-6-8-15(9-7-11)10-16-13-5-3-2-4-12(13)15;2*1-2/h2-5,11,16H,6-10H2,1H3;2*1-2H3. The predicted octanol–water partition coefficient (Wildman–Crippen LogP) is 4.77. The number of anilines is 1. The van der Waals surface area contributed by atoms with Crippen molar-refractivity contribution < 1.29 is 9.53 Å². The quantitative estimate of drug-likeness (QED) is 0.760. The summed E-state index contributed by atoms with van der Waals surface area (Å²) in [7, 11) is 1.49. The average molecular weight is 305 g/mol. The number of nitrogens with one attached hydrogen (secondary N) is 1. The highest BCUT2D eigenvalue weighted by Gasteiger charge is 2.42. The molecule has 3 rings (SSSR count). The molecule has 0 unspecified atom stereocenters. The van der Waals surface area contributed by atoms with Gasteiger partial charge in [0.1, 0.15) is 0 Å². The fraction of sp³-hybridized carbons (Fsp3) is 0.632. The van der Waals surface area contributed by atoms with Crippen LogP contribution in [-0.2, 0) is 14.9 Å². The van der Waals surface area contributed by atoms with Gasteiger partial charge in [0.25, 0.3) is 0 Å². The molecule has 124 valence electrons. The number of para-hydroxylation sites is 1. The zero-order chi connectivity index (χ0) is 16.6. The number of benzene rings is 1. The number of esters is 1. The van der Waals surface area contributed by atoms with Crippen LogP contribution in [-0.4, -0.2) is 19.6 Å². The summed E-state index contributed by atoms with van der Waals surface area (Å²) in [5.41, 5.74) is 2.96. The van der Waals surface area contributed by atoms with E-state index in [1.54, 1.807) is 0 Å². The topological polar surface area (TPSA) is 38.3 Å². The molecule has 0 amide bonds. The highest BCUT2D eigenvalue weighted by molar-refractivity contribution is 5.72. The van der Waals surface area contributed by atoms with E-state index in [1.807, 2.05) is 27.7 Å². The molecule has 2 aliphatic rings. The number of rotatable bonds is 1. The molecule has 0 saturated heterocycles. The first kappa shape index (κ1) is 18.5. The van der Waals surface area contributed by atoms with Crippen LogP contribution < -0.4 is 5.32 Å². The van der Waals surface area contributed by atoms with Crippen LogP contribution in [0.15, 0.2) is 24.3 Å². The van der Waals surface area contributed by atoms with Gasteiger partial charge in [-0.25, -0.2) is 0 Å². The highest BCUT2D eigenvalue weighted by Crippen LogP contribution is 2.47. The van der Waals surface area contributed by atoms with E-state index >= 15 is 0 Å². The van der Waals surface area contributed by atoms with Gasteiger partial charge in [0.15, 0.2) is 0 Å². The molecule has 0 atom stereocenters. The molecule has 0 aromatic heterocycles. The Bertz CT molecular complexity index is 462. The van der Waals surface area contributed by atoms with Crippen LogP contribution >= 0.6 is 0 Å². The molecule has 3 heteroatoms. The van der Waals surface area contributed by atoms with Crippen molar-refractivity contribution in [2.45, 2.75) is 58.8 Å². The minimum absolute atomic E-state index is 0.0379. The summed E-state index contributed by atoms with van der Waals surface area (Å²) in [6.07, 6.45) is 4.05. The molecule has 1 spiro atoms. The van der Waals surface area contributed by atoms with Crippen LogP contribution in [0.4, 0.5) is 5.69 Å². The fourth-order valence-electron chi connectivity index (χ4n) is 3.48. The van der Waals surface area contributed by atoms with Gasteiger partial charge in [-0.15, -0.1) is 0 Å². The van der Waals surface area contributed by atoms with E-state index in [1.165, 1.54) is 18.4 Å². The summed E-state index contributed by atoms with van der Waals surface area (Å²) < 4.78 is 4.86. The molecule has 1 N–H and O–H groups in total. The number of carbonyl (C=O) groups excluding carboxylic acids is 1. The third-order valence-electron chi connectivity index (χ3n) is 4.59. The normalized spacial score (nSPS) is 24.9. The van der Waals surface area contributed by atoms with Gasteiger partial charge in [-0.2, -0.15) is 0 Å². The monoisotopic (exact) mass is 305 g/mol. The van der Waals surface area contributed by atoms with E-state index in [9.17, 15) is 4.79 Å². The largest absolute Gasteiger partial charge is 0.469 e. The van der Waals surface area contributed by atoms with Crippen molar-refractivity contribution in [2.24, 2.45) is 5.92 Å². The minimum Gasteiger partial charge on any atom is -0.469 e. The number of fused-ring (bicyclic) bond motifs is 2. The van der Waals surface area contributed by atoms with Gasteiger partial charge < -0.3 is 10.1 Å². The van der Waals surface area contributed by atoms with Gasteiger partial charge >= 0.3 is 5.97 Å². The summed E-state index contributed by atoms with van der Waals surface area (Å²) in [6.45, 7) is 9.01. The highest BCUT2D eigenvalue weighted by atomic mass is 16.5. The van der Waals surface area contributed by atoms with E-state index in [-0.39, 0.29) is 17.3 Å². The van der Waals surface area contributed by atoms with Gasteiger partial charge in [0.2, 0.25) is 0 Å². The SMILES string of the molecule is CC.CC.COC(=O)C1CCC2(CC1)CNc1ccccc12. The lowest BCUT2D eigenvalue weighted by Gasteiger charge is -2.36. The maximum absolute atomic E-state index is 11.6. The van der Waals surface area contributed by atoms with E-state index in [2.05, 4.69) is 29.6 Å².